The summed E-state index contributed by atoms with van der Waals surface area (Å²) in [5, 5.41) is 12.3. The molecule has 0 fully saturated rings. The topological polar surface area (TPSA) is 79.1 Å². The van der Waals surface area contributed by atoms with E-state index in [4.69, 9.17) is 5.73 Å². The summed E-state index contributed by atoms with van der Waals surface area (Å²) in [6.45, 7) is 2.91. The maximum absolute atomic E-state index is 9.28. The van der Waals surface area contributed by atoms with E-state index in [1.54, 1.807) is 17.7 Å². The Morgan fingerprint density at radius 1 is 1.42 bits per heavy atom. The number of anilines is 2. The van der Waals surface area contributed by atoms with Gasteiger partial charge in [-0.25, -0.2) is 0 Å². The largest absolute Gasteiger partial charge is 0.387 e. The molecule has 0 spiro atoms. The quantitative estimate of drug-likeness (QED) is 0.769. The molecule has 0 amide bonds. The molecular weight excluding hydrogens is 238 g/mol. The van der Waals surface area contributed by atoms with Crippen molar-refractivity contribution in [2.45, 2.75) is 32.6 Å². The Labute approximate surface area is 114 Å². The molecule has 0 aliphatic heterocycles. The third kappa shape index (κ3) is 3.75. The smallest absolute Gasteiger partial charge is 0.149 e. The summed E-state index contributed by atoms with van der Waals surface area (Å²) in [5.41, 5.74) is 7.86. The van der Waals surface area contributed by atoms with E-state index in [1.165, 1.54) is 19.3 Å². The van der Waals surface area contributed by atoms with Crippen molar-refractivity contribution in [3.63, 3.8) is 0 Å². The van der Waals surface area contributed by atoms with Crippen LogP contribution >= 0.6 is 0 Å². The van der Waals surface area contributed by atoms with Crippen molar-refractivity contribution in [3.8, 4) is 6.07 Å². The monoisotopic (exact) mass is 261 g/mol. The van der Waals surface area contributed by atoms with Crippen LogP contribution in [0.15, 0.2) is 11.1 Å². The number of pyridine rings is 1. The van der Waals surface area contributed by atoms with Crippen LogP contribution < -0.4 is 16.5 Å². The number of unbranched alkanes of at least 4 members (excludes halogenated alkanes) is 3. The van der Waals surface area contributed by atoms with Crippen LogP contribution in [0.25, 0.3) is 0 Å². The van der Waals surface area contributed by atoms with E-state index >= 15 is 0 Å². The Bertz CT molecular complexity index is 522. The lowest BCUT2D eigenvalue weighted by atomic mass is 10.2. The van der Waals surface area contributed by atoms with Crippen molar-refractivity contribution in [2.75, 3.05) is 24.6 Å². The zero-order valence-corrected chi connectivity index (χ0v) is 12.0. The average molecular weight is 261 g/mol. The number of nitrogen functional groups attached to an aromatic ring is 1. The third-order valence-electron chi connectivity index (χ3n) is 3.14. The van der Waals surface area contributed by atoms with Crippen LogP contribution in [0.1, 0.15) is 38.2 Å². The third-order valence-corrected chi connectivity index (χ3v) is 3.14. The normalized spacial score (nSPS) is 11.4. The van der Waals surface area contributed by atoms with Gasteiger partial charge in [0.05, 0.1) is 5.69 Å². The first-order chi connectivity index (χ1) is 9.15. The van der Waals surface area contributed by atoms with Crippen molar-refractivity contribution < 1.29 is 0 Å². The first-order valence-corrected chi connectivity index (χ1v) is 6.73. The van der Waals surface area contributed by atoms with Gasteiger partial charge in [0.2, 0.25) is 0 Å². The summed E-state index contributed by atoms with van der Waals surface area (Å²) >= 11 is 0. The minimum absolute atomic E-state index is 0.551. The molecule has 0 aliphatic rings. The highest BCUT2D eigenvalue weighted by atomic mass is 15.1. The van der Waals surface area contributed by atoms with Gasteiger partial charge >= 0.3 is 0 Å². The standard InChI is InChI=1S/C14H23N5/c1-4-5-6-7-8-18-14-11(10-15)12(17-2)9-13(16)19(14)3/h9,17H,4-8,16H2,1-3H3/b18-14+. The van der Waals surface area contributed by atoms with E-state index < -0.39 is 0 Å². The summed E-state index contributed by atoms with van der Waals surface area (Å²) in [4.78, 5) is 4.54. The van der Waals surface area contributed by atoms with Gasteiger partial charge in [0.25, 0.3) is 0 Å². The maximum Gasteiger partial charge on any atom is 0.149 e. The molecule has 1 heterocycles. The van der Waals surface area contributed by atoms with Gasteiger partial charge in [-0.1, -0.05) is 26.2 Å². The summed E-state index contributed by atoms with van der Waals surface area (Å²) in [7, 11) is 3.61. The minimum Gasteiger partial charge on any atom is -0.387 e. The highest BCUT2D eigenvalue weighted by Crippen LogP contribution is 2.13. The van der Waals surface area contributed by atoms with Crippen LogP contribution in [-0.2, 0) is 7.05 Å². The Kier molecular flexibility index (Phi) is 5.94. The lowest BCUT2D eigenvalue weighted by Gasteiger charge is -2.11. The molecule has 3 N–H and O–H groups in total. The molecule has 0 saturated heterocycles. The maximum atomic E-state index is 9.28. The Morgan fingerprint density at radius 3 is 2.74 bits per heavy atom. The molecular formula is C14H23N5. The fraction of sp³-hybridized carbons (Fsp3) is 0.571. The van der Waals surface area contributed by atoms with E-state index in [0.29, 0.717) is 16.9 Å². The van der Waals surface area contributed by atoms with Crippen molar-refractivity contribution in [3.05, 3.63) is 17.1 Å². The molecule has 104 valence electrons. The number of nitrogens with zero attached hydrogens (tertiary/aromatic N) is 3. The van der Waals surface area contributed by atoms with Crippen molar-refractivity contribution in [1.82, 2.24) is 4.57 Å². The molecule has 0 saturated carbocycles. The molecule has 19 heavy (non-hydrogen) atoms. The summed E-state index contributed by atoms with van der Waals surface area (Å²) in [5.74, 6) is 0.593. The van der Waals surface area contributed by atoms with Crippen molar-refractivity contribution in [2.24, 2.45) is 12.0 Å². The van der Waals surface area contributed by atoms with Crippen LogP contribution in [0, 0.1) is 11.3 Å². The van der Waals surface area contributed by atoms with Crippen LogP contribution in [0.5, 0.6) is 0 Å². The van der Waals surface area contributed by atoms with Gasteiger partial charge in [-0.05, 0) is 6.42 Å². The van der Waals surface area contributed by atoms with Crippen LogP contribution in [0.4, 0.5) is 11.5 Å². The lowest BCUT2D eigenvalue weighted by Crippen LogP contribution is -2.25. The predicted molar refractivity (Wildman–Crippen MR) is 78.7 cm³/mol. The SMILES string of the molecule is CCCCCC/N=c1\c(C#N)c(NC)cc(N)n1C. The highest BCUT2D eigenvalue weighted by molar-refractivity contribution is 5.60. The molecule has 1 aromatic rings. The van der Waals surface area contributed by atoms with E-state index in [9.17, 15) is 5.26 Å². The number of rotatable bonds is 6. The van der Waals surface area contributed by atoms with Gasteiger partial charge < -0.3 is 15.6 Å². The summed E-state index contributed by atoms with van der Waals surface area (Å²) in [6.07, 6.45) is 4.65. The number of aromatic nitrogens is 1. The molecule has 0 aromatic carbocycles. The second kappa shape index (κ2) is 7.47. The first kappa shape index (κ1) is 15.1. The number of hydrogen-bond acceptors (Lipinski definition) is 4. The molecule has 5 heteroatoms. The van der Waals surface area contributed by atoms with Crippen LogP contribution in [-0.4, -0.2) is 18.2 Å². The van der Waals surface area contributed by atoms with Gasteiger partial charge in [-0.3, -0.25) is 4.99 Å². The number of nitrogens with one attached hydrogen (secondary N) is 1. The van der Waals surface area contributed by atoms with Gasteiger partial charge in [-0.2, -0.15) is 5.26 Å². The summed E-state index contributed by atoms with van der Waals surface area (Å²) in [6, 6.07) is 3.96. The molecule has 0 bridgehead atoms. The molecule has 1 aromatic heterocycles. The van der Waals surface area contributed by atoms with Gasteiger partial charge in [0.15, 0.2) is 0 Å². The number of nitrogens with two attached hydrogens (primary N) is 1. The fourth-order valence-electron chi connectivity index (χ4n) is 1.94. The minimum atomic E-state index is 0.551. The molecule has 0 atom stereocenters. The van der Waals surface area contributed by atoms with E-state index in [2.05, 4.69) is 23.3 Å². The van der Waals surface area contributed by atoms with E-state index in [0.717, 1.165) is 18.7 Å². The van der Waals surface area contributed by atoms with Gasteiger partial charge in [0, 0.05) is 26.7 Å². The Hall–Kier alpha value is -1.96. The molecule has 0 radical (unpaired) electrons. The zero-order valence-electron chi connectivity index (χ0n) is 12.0. The lowest BCUT2D eigenvalue weighted by molar-refractivity contribution is 0.663. The second-order valence-corrected chi connectivity index (χ2v) is 4.54. The van der Waals surface area contributed by atoms with Crippen LogP contribution in [0.3, 0.4) is 0 Å². The Morgan fingerprint density at radius 2 is 2.16 bits per heavy atom. The second-order valence-electron chi connectivity index (χ2n) is 4.54. The van der Waals surface area contributed by atoms with Gasteiger partial charge in [0.1, 0.15) is 22.9 Å². The van der Waals surface area contributed by atoms with Gasteiger partial charge in [-0.15, -0.1) is 0 Å². The molecule has 0 unspecified atom stereocenters. The highest BCUT2D eigenvalue weighted by Gasteiger charge is 2.08. The molecule has 1 rings (SSSR count). The summed E-state index contributed by atoms with van der Waals surface area (Å²) < 4.78 is 1.76. The fourth-order valence-corrected chi connectivity index (χ4v) is 1.94. The van der Waals surface area contributed by atoms with E-state index in [-0.39, 0.29) is 0 Å². The molecule has 5 nitrogen and oxygen atoms in total. The van der Waals surface area contributed by atoms with Crippen molar-refractivity contribution in [1.29, 1.82) is 5.26 Å². The average Bonchev–Trinajstić information content (AvgIpc) is 2.42. The molecule has 0 aliphatic carbocycles. The van der Waals surface area contributed by atoms with Crippen molar-refractivity contribution >= 4 is 11.5 Å². The zero-order chi connectivity index (χ0) is 14.3. The number of nitriles is 1. The predicted octanol–water partition coefficient (Wildman–Crippen LogP) is 2.00. The number of hydrogen-bond donors (Lipinski definition) is 2. The Balaban J connectivity index is 3.07. The first-order valence-electron chi connectivity index (χ1n) is 6.73. The van der Waals surface area contributed by atoms with E-state index in [1.807, 2.05) is 7.05 Å². The van der Waals surface area contributed by atoms with Crippen LogP contribution in [0.2, 0.25) is 0 Å².